The predicted octanol–water partition coefficient (Wildman–Crippen LogP) is 2.83. The van der Waals surface area contributed by atoms with Crippen LogP contribution in [-0.4, -0.2) is 21.2 Å². The number of amides is 2. The van der Waals surface area contributed by atoms with E-state index in [2.05, 4.69) is 31.1 Å². The van der Waals surface area contributed by atoms with Crippen LogP contribution in [0.1, 0.15) is 51.0 Å². The Morgan fingerprint density at radius 3 is 2.59 bits per heavy atom. The van der Waals surface area contributed by atoms with Gasteiger partial charge in [-0.1, -0.05) is 26.8 Å². The third-order valence-electron chi connectivity index (χ3n) is 3.31. The third-order valence-corrected chi connectivity index (χ3v) is 3.31. The van der Waals surface area contributed by atoms with E-state index >= 15 is 0 Å². The largest absolute Gasteiger partial charge is 0.303 e. The number of fused-ring (bicyclic) bond motifs is 1. The molecule has 1 atom stereocenters. The van der Waals surface area contributed by atoms with Crippen molar-refractivity contribution in [2.24, 2.45) is 5.92 Å². The number of hydrogen-bond acceptors (Lipinski definition) is 3. The Bertz CT molecular complexity index is 686. The lowest BCUT2D eigenvalue weighted by atomic mass is 9.97. The highest BCUT2D eigenvalue weighted by molar-refractivity contribution is 6.00. The molecule has 0 bridgehead atoms. The Hall–Kier alpha value is -2.17. The number of carbonyl (C=O) groups is 2. The second-order valence-corrected chi connectivity index (χ2v) is 6.25. The topological polar surface area (TPSA) is 63.5 Å². The minimum absolute atomic E-state index is 0.200. The number of aryl methyl sites for hydroxylation is 1. The van der Waals surface area contributed by atoms with Crippen molar-refractivity contribution in [3.8, 4) is 0 Å². The van der Waals surface area contributed by atoms with Crippen LogP contribution in [0.25, 0.3) is 5.52 Å². The van der Waals surface area contributed by atoms with Crippen LogP contribution in [0.3, 0.4) is 0 Å². The highest BCUT2D eigenvalue weighted by atomic mass is 16.2. The number of imide groups is 1. The summed E-state index contributed by atoms with van der Waals surface area (Å²) >= 11 is 0. The zero-order valence-corrected chi connectivity index (χ0v) is 13.6. The normalized spacial score (nSPS) is 18.1. The molecule has 5 heteroatoms. The molecule has 2 aromatic heterocycles. The molecular formula is C17H23N3O2. The molecule has 22 heavy (non-hydrogen) atoms. The van der Waals surface area contributed by atoms with E-state index < -0.39 is 0 Å². The number of piperidine rings is 1. The smallest absolute Gasteiger partial charge is 0.237 e. The first-order valence-corrected chi connectivity index (χ1v) is 7.67. The Morgan fingerprint density at radius 1 is 1.27 bits per heavy atom. The van der Waals surface area contributed by atoms with Gasteiger partial charge in [-0.2, -0.15) is 0 Å². The number of hydrogen-bond donors (Lipinski definition) is 1. The molecule has 1 N–H and O–H groups in total. The van der Waals surface area contributed by atoms with E-state index in [0.717, 1.165) is 17.1 Å². The summed E-state index contributed by atoms with van der Waals surface area (Å²) in [7, 11) is 0. The summed E-state index contributed by atoms with van der Waals surface area (Å²) in [6.07, 6.45) is 2.80. The molecule has 118 valence electrons. The Morgan fingerprint density at radius 2 is 1.95 bits per heavy atom. The van der Waals surface area contributed by atoms with Crippen molar-refractivity contribution in [2.45, 2.75) is 46.5 Å². The quantitative estimate of drug-likeness (QED) is 0.824. The van der Waals surface area contributed by atoms with Crippen molar-refractivity contribution in [2.75, 3.05) is 0 Å². The van der Waals surface area contributed by atoms with Gasteiger partial charge in [0.25, 0.3) is 0 Å². The second-order valence-electron chi connectivity index (χ2n) is 6.25. The number of nitrogens with zero attached hydrogens (tertiary/aromatic N) is 2. The molecule has 0 spiro atoms. The van der Waals surface area contributed by atoms with Gasteiger partial charge >= 0.3 is 0 Å². The number of pyridine rings is 1. The van der Waals surface area contributed by atoms with Crippen molar-refractivity contribution in [1.82, 2.24) is 14.7 Å². The molecular weight excluding hydrogens is 278 g/mol. The summed E-state index contributed by atoms with van der Waals surface area (Å²) in [6.45, 7) is 8.42. The maximum atomic E-state index is 11.9. The first-order valence-electron chi connectivity index (χ1n) is 7.67. The number of aromatic nitrogens is 2. The lowest BCUT2D eigenvalue weighted by Gasteiger charge is -2.19. The van der Waals surface area contributed by atoms with E-state index in [0.29, 0.717) is 18.7 Å². The molecule has 2 aromatic rings. The lowest BCUT2D eigenvalue weighted by molar-refractivity contribution is -0.134. The van der Waals surface area contributed by atoms with E-state index in [9.17, 15) is 9.59 Å². The molecule has 1 fully saturated rings. The average molecular weight is 301 g/mol. The minimum Gasteiger partial charge on any atom is -0.303 e. The summed E-state index contributed by atoms with van der Waals surface area (Å²) in [4.78, 5) is 27.5. The van der Waals surface area contributed by atoms with Gasteiger partial charge in [0, 0.05) is 12.6 Å². The maximum Gasteiger partial charge on any atom is 0.237 e. The third kappa shape index (κ3) is 3.53. The molecule has 1 aliphatic heterocycles. The van der Waals surface area contributed by atoms with Gasteiger partial charge in [-0.3, -0.25) is 14.9 Å². The van der Waals surface area contributed by atoms with Crippen LogP contribution in [-0.2, 0) is 9.59 Å². The molecule has 5 nitrogen and oxygen atoms in total. The number of rotatable bonds is 1. The van der Waals surface area contributed by atoms with Crippen molar-refractivity contribution in [3.63, 3.8) is 0 Å². The molecule has 1 aliphatic rings. The average Bonchev–Trinajstić information content (AvgIpc) is 2.76. The fourth-order valence-electron chi connectivity index (χ4n) is 2.41. The van der Waals surface area contributed by atoms with Gasteiger partial charge in [0.15, 0.2) is 0 Å². The summed E-state index contributed by atoms with van der Waals surface area (Å²) in [5.41, 5.74) is 1.90. The summed E-state index contributed by atoms with van der Waals surface area (Å²) in [5, 5.41) is 2.37. The van der Waals surface area contributed by atoms with Gasteiger partial charge in [0.05, 0.1) is 17.1 Å². The van der Waals surface area contributed by atoms with E-state index in [4.69, 9.17) is 0 Å². The SMILES string of the molecule is CC(C)C.Cc1nc(C2CCC(=O)NC2=O)n2ccccc12. The van der Waals surface area contributed by atoms with Gasteiger partial charge in [0.2, 0.25) is 11.8 Å². The molecule has 0 aliphatic carbocycles. The zero-order valence-electron chi connectivity index (χ0n) is 13.6. The van der Waals surface area contributed by atoms with E-state index in [1.807, 2.05) is 35.7 Å². The molecule has 3 heterocycles. The fraction of sp³-hybridized carbons (Fsp3) is 0.471. The molecule has 0 saturated carbocycles. The highest BCUT2D eigenvalue weighted by Crippen LogP contribution is 2.25. The number of carbonyl (C=O) groups excluding carboxylic acids is 2. The standard InChI is InChI=1S/C13H13N3O2.C4H10/c1-8-10-4-2-3-7-16(10)12(14-8)9-5-6-11(17)15-13(9)18;1-4(2)3/h2-4,7,9H,5-6H2,1H3,(H,15,17,18);4H,1-3H3. The van der Waals surface area contributed by atoms with E-state index in [1.165, 1.54) is 0 Å². The molecule has 2 amide bonds. The molecule has 0 radical (unpaired) electrons. The number of imidazole rings is 1. The second kappa shape index (κ2) is 6.73. The highest BCUT2D eigenvalue weighted by Gasteiger charge is 2.31. The monoisotopic (exact) mass is 301 g/mol. The first-order chi connectivity index (χ1) is 10.4. The summed E-state index contributed by atoms with van der Waals surface area (Å²) in [5.74, 6) is 0.759. The van der Waals surface area contributed by atoms with Gasteiger partial charge in [-0.25, -0.2) is 4.98 Å². The Balaban J connectivity index is 0.000000396. The van der Waals surface area contributed by atoms with E-state index in [-0.39, 0.29) is 17.7 Å². The van der Waals surface area contributed by atoms with Gasteiger partial charge in [-0.15, -0.1) is 0 Å². The van der Waals surface area contributed by atoms with Crippen LogP contribution < -0.4 is 5.32 Å². The van der Waals surface area contributed by atoms with Gasteiger partial charge in [-0.05, 0) is 31.4 Å². The van der Waals surface area contributed by atoms with E-state index in [1.54, 1.807) is 0 Å². The summed E-state index contributed by atoms with van der Waals surface area (Å²) in [6, 6.07) is 5.82. The van der Waals surface area contributed by atoms with Gasteiger partial charge < -0.3 is 4.40 Å². The van der Waals surface area contributed by atoms with Crippen molar-refractivity contribution >= 4 is 17.3 Å². The molecule has 0 aromatic carbocycles. The number of nitrogens with one attached hydrogen (secondary N) is 1. The van der Waals surface area contributed by atoms with Crippen LogP contribution >= 0.6 is 0 Å². The van der Waals surface area contributed by atoms with Crippen LogP contribution in [0.15, 0.2) is 24.4 Å². The van der Waals surface area contributed by atoms with Crippen molar-refractivity contribution in [1.29, 1.82) is 0 Å². The lowest BCUT2D eigenvalue weighted by Crippen LogP contribution is -2.40. The van der Waals surface area contributed by atoms with Crippen molar-refractivity contribution in [3.05, 3.63) is 35.9 Å². The van der Waals surface area contributed by atoms with Crippen LogP contribution in [0, 0.1) is 12.8 Å². The Kier molecular flexibility index (Phi) is 4.96. The predicted molar refractivity (Wildman–Crippen MR) is 85.6 cm³/mol. The van der Waals surface area contributed by atoms with Crippen LogP contribution in [0.5, 0.6) is 0 Å². The Labute approximate surface area is 130 Å². The van der Waals surface area contributed by atoms with Crippen molar-refractivity contribution < 1.29 is 9.59 Å². The molecule has 1 unspecified atom stereocenters. The maximum absolute atomic E-state index is 11.9. The van der Waals surface area contributed by atoms with Gasteiger partial charge in [0.1, 0.15) is 5.82 Å². The summed E-state index contributed by atoms with van der Waals surface area (Å²) < 4.78 is 1.93. The first kappa shape index (κ1) is 16.2. The van der Waals surface area contributed by atoms with Crippen LogP contribution in [0.4, 0.5) is 0 Å². The van der Waals surface area contributed by atoms with Crippen LogP contribution in [0.2, 0.25) is 0 Å². The molecule has 1 saturated heterocycles. The zero-order chi connectivity index (χ0) is 16.3. The fourth-order valence-corrected chi connectivity index (χ4v) is 2.41. The molecule has 3 rings (SSSR count). The minimum atomic E-state index is -0.341.